The quantitative estimate of drug-likeness (QED) is 0.748. The summed E-state index contributed by atoms with van der Waals surface area (Å²) in [5, 5.41) is 7.49. The van der Waals surface area contributed by atoms with Gasteiger partial charge in [-0.25, -0.2) is 4.79 Å². The number of benzene rings is 1. The maximum atomic E-state index is 12.7. The first-order chi connectivity index (χ1) is 14.0. The van der Waals surface area contributed by atoms with Crippen LogP contribution in [0.1, 0.15) is 50.0 Å². The number of aryl methyl sites for hydroxylation is 2. The zero-order chi connectivity index (χ0) is 20.4. The summed E-state index contributed by atoms with van der Waals surface area (Å²) in [4.78, 5) is 41.4. The molecule has 9 heteroatoms. The lowest BCUT2D eigenvalue weighted by Crippen LogP contribution is -2.51. The van der Waals surface area contributed by atoms with Gasteiger partial charge >= 0.3 is 6.03 Å². The van der Waals surface area contributed by atoms with E-state index in [0.29, 0.717) is 24.6 Å². The molecule has 152 valence electrons. The lowest BCUT2D eigenvalue weighted by atomic mass is 9.82. The molecule has 9 nitrogen and oxygen atoms in total. The first-order valence-electron chi connectivity index (χ1n) is 9.83. The lowest BCUT2D eigenvalue weighted by molar-refractivity contribution is -0.139. The summed E-state index contributed by atoms with van der Waals surface area (Å²) >= 11 is 0. The molecule has 4 amide bonds. The van der Waals surface area contributed by atoms with Gasteiger partial charge in [0.25, 0.3) is 5.91 Å². The molecule has 2 aliphatic rings. The number of urea groups is 1. The van der Waals surface area contributed by atoms with Crippen molar-refractivity contribution in [2.75, 3.05) is 0 Å². The molecule has 4 rings (SSSR count). The molecule has 1 saturated heterocycles. The van der Waals surface area contributed by atoms with E-state index in [0.717, 1.165) is 35.4 Å². The average molecular weight is 397 g/mol. The SMILES string of the molecule is Cc1ccc(-c2noc(CCC(=O)NN3C(=O)NC4(CCCCC4)C3=O)n2)cc1. The largest absolute Gasteiger partial charge is 0.344 e. The number of nitrogens with zero attached hydrogens (tertiary/aromatic N) is 3. The van der Waals surface area contributed by atoms with Crippen LogP contribution in [0.4, 0.5) is 4.79 Å². The van der Waals surface area contributed by atoms with Crippen molar-refractivity contribution in [1.82, 2.24) is 25.9 Å². The summed E-state index contributed by atoms with van der Waals surface area (Å²) in [6.07, 6.45) is 4.25. The number of hydrazine groups is 1. The first-order valence-corrected chi connectivity index (χ1v) is 9.83. The van der Waals surface area contributed by atoms with E-state index in [4.69, 9.17) is 4.52 Å². The molecule has 0 bridgehead atoms. The molecule has 29 heavy (non-hydrogen) atoms. The van der Waals surface area contributed by atoms with Crippen LogP contribution in [0.5, 0.6) is 0 Å². The van der Waals surface area contributed by atoms with Crippen molar-refractivity contribution in [2.24, 2.45) is 0 Å². The molecule has 2 heterocycles. The van der Waals surface area contributed by atoms with E-state index >= 15 is 0 Å². The van der Waals surface area contributed by atoms with E-state index in [2.05, 4.69) is 20.9 Å². The molecule has 0 unspecified atom stereocenters. The van der Waals surface area contributed by atoms with Crippen LogP contribution in [-0.2, 0) is 16.0 Å². The molecule has 0 atom stereocenters. The van der Waals surface area contributed by atoms with Gasteiger partial charge in [0, 0.05) is 18.4 Å². The monoisotopic (exact) mass is 397 g/mol. The van der Waals surface area contributed by atoms with E-state index in [1.54, 1.807) is 0 Å². The highest BCUT2D eigenvalue weighted by molar-refractivity contribution is 6.08. The summed E-state index contributed by atoms with van der Waals surface area (Å²) in [6, 6.07) is 7.13. The van der Waals surface area contributed by atoms with E-state index < -0.39 is 17.5 Å². The fourth-order valence-corrected chi connectivity index (χ4v) is 3.79. The topological polar surface area (TPSA) is 117 Å². The van der Waals surface area contributed by atoms with Crippen LogP contribution in [0, 0.1) is 6.92 Å². The summed E-state index contributed by atoms with van der Waals surface area (Å²) in [5.74, 6) is -0.0723. The van der Waals surface area contributed by atoms with Gasteiger partial charge in [-0.05, 0) is 19.8 Å². The van der Waals surface area contributed by atoms with E-state index in [9.17, 15) is 14.4 Å². The average Bonchev–Trinajstić information content (AvgIpc) is 3.27. The Kier molecular flexibility index (Phi) is 5.04. The third-order valence-electron chi connectivity index (χ3n) is 5.45. The van der Waals surface area contributed by atoms with Gasteiger partial charge in [0.15, 0.2) is 0 Å². The van der Waals surface area contributed by atoms with Crippen molar-refractivity contribution in [3.8, 4) is 11.4 Å². The zero-order valence-electron chi connectivity index (χ0n) is 16.2. The minimum Gasteiger partial charge on any atom is -0.339 e. The second-order valence-electron chi connectivity index (χ2n) is 7.63. The molecule has 0 radical (unpaired) electrons. The zero-order valence-corrected chi connectivity index (χ0v) is 16.2. The number of hydrogen-bond donors (Lipinski definition) is 2. The van der Waals surface area contributed by atoms with E-state index in [-0.39, 0.29) is 18.7 Å². The molecule has 1 aromatic heterocycles. The number of hydrogen-bond acceptors (Lipinski definition) is 6. The molecule has 1 aromatic carbocycles. The van der Waals surface area contributed by atoms with Crippen LogP contribution in [0.2, 0.25) is 0 Å². The van der Waals surface area contributed by atoms with Crippen molar-refractivity contribution in [1.29, 1.82) is 0 Å². The van der Waals surface area contributed by atoms with Gasteiger partial charge in [0.1, 0.15) is 5.54 Å². The number of amides is 4. The summed E-state index contributed by atoms with van der Waals surface area (Å²) in [7, 11) is 0. The van der Waals surface area contributed by atoms with Gasteiger partial charge in [0.05, 0.1) is 0 Å². The standard InChI is InChI=1S/C20H23N5O4/c1-13-5-7-14(8-6-13)17-21-16(29-24-17)10-9-15(26)23-25-18(27)20(22-19(25)28)11-3-2-4-12-20/h5-8H,2-4,9-12H2,1H3,(H,22,28)(H,23,26). The molecule has 2 aromatic rings. The smallest absolute Gasteiger partial charge is 0.339 e. The highest BCUT2D eigenvalue weighted by atomic mass is 16.5. The number of rotatable bonds is 5. The number of carbonyl (C=O) groups is 3. The van der Waals surface area contributed by atoms with Gasteiger partial charge in [-0.3, -0.25) is 15.0 Å². The Balaban J connectivity index is 1.33. The lowest BCUT2D eigenvalue weighted by Gasteiger charge is -2.30. The van der Waals surface area contributed by atoms with Crippen molar-refractivity contribution >= 4 is 17.8 Å². The minimum atomic E-state index is -0.863. The third kappa shape index (κ3) is 3.85. The fourth-order valence-electron chi connectivity index (χ4n) is 3.79. The van der Waals surface area contributed by atoms with Gasteiger partial charge in [-0.2, -0.15) is 9.99 Å². The Morgan fingerprint density at radius 3 is 2.66 bits per heavy atom. The second kappa shape index (κ2) is 7.65. The molecule has 1 aliphatic carbocycles. The maximum absolute atomic E-state index is 12.7. The van der Waals surface area contributed by atoms with Crippen LogP contribution in [-0.4, -0.2) is 38.5 Å². The highest BCUT2D eigenvalue weighted by Gasteiger charge is 2.52. The van der Waals surface area contributed by atoms with Gasteiger partial charge < -0.3 is 9.84 Å². The Hall–Kier alpha value is -3.23. The third-order valence-corrected chi connectivity index (χ3v) is 5.45. The fraction of sp³-hybridized carbons (Fsp3) is 0.450. The summed E-state index contributed by atoms with van der Waals surface area (Å²) in [5.41, 5.74) is 3.50. The molecule has 1 aliphatic heterocycles. The Morgan fingerprint density at radius 2 is 1.93 bits per heavy atom. The molecule has 2 fully saturated rings. The number of nitrogens with one attached hydrogen (secondary N) is 2. The van der Waals surface area contributed by atoms with E-state index in [1.807, 2.05) is 31.2 Å². The van der Waals surface area contributed by atoms with Gasteiger partial charge in [-0.1, -0.05) is 54.2 Å². The predicted molar refractivity (Wildman–Crippen MR) is 102 cm³/mol. The first kappa shape index (κ1) is 19.1. The Bertz CT molecular complexity index is 931. The molecular weight excluding hydrogens is 374 g/mol. The van der Waals surface area contributed by atoms with Crippen LogP contribution >= 0.6 is 0 Å². The van der Waals surface area contributed by atoms with Crippen LogP contribution in [0.3, 0.4) is 0 Å². The second-order valence-corrected chi connectivity index (χ2v) is 7.63. The Labute approximate surface area is 167 Å². The number of imide groups is 1. The van der Waals surface area contributed by atoms with Gasteiger partial charge in [-0.15, -0.1) is 0 Å². The van der Waals surface area contributed by atoms with Crippen LogP contribution < -0.4 is 10.7 Å². The highest BCUT2D eigenvalue weighted by Crippen LogP contribution is 2.33. The minimum absolute atomic E-state index is 0.0135. The number of aromatic nitrogens is 2. The van der Waals surface area contributed by atoms with Crippen molar-refractivity contribution in [3.05, 3.63) is 35.7 Å². The Morgan fingerprint density at radius 1 is 1.21 bits per heavy atom. The molecule has 2 N–H and O–H groups in total. The number of carbonyl (C=O) groups excluding carboxylic acids is 3. The summed E-state index contributed by atoms with van der Waals surface area (Å²) in [6.45, 7) is 1.99. The van der Waals surface area contributed by atoms with E-state index in [1.165, 1.54) is 0 Å². The van der Waals surface area contributed by atoms with Crippen molar-refractivity contribution < 1.29 is 18.9 Å². The normalized spacial score (nSPS) is 18.2. The van der Waals surface area contributed by atoms with Crippen LogP contribution in [0.15, 0.2) is 28.8 Å². The molecular formula is C20H23N5O4. The molecule has 1 spiro atoms. The van der Waals surface area contributed by atoms with Crippen molar-refractivity contribution in [2.45, 2.75) is 57.4 Å². The maximum Gasteiger partial charge on any atom is 0.344 e. The van der Waals surface area contributed by atoms with Gasteiger partial charge in [0.2, 0.25) is 17.6 Å². The van der Waals surface area contributed by atoms with Crippen LogP contribution in [0.25, 0.3) is 11.4 Å². The summed E-state index contributed by atoms with van der Waals surface area (Å²) < 4.78 is 5.20. The molecule has 1 saturated carbocycles. The van der Waals surface area contributed by atoms with Crippen molar-refractivity contribution in [3.63, 3.8) is 0 Å². The predicted octanol–water partition coefficient (Wildman–Crippen LogP) is 2.26.